The van der Waals surface area contributed by atoms with Crippen molar-refractivity contribution in [3.63, 3.8) is 0 Å². The van der Waals surface area contributed by atoms with Crippen LogP contribution in [0.2, 0.25) is 0 Å². The molecule has 2 atom stereocenters. The van der Waals surface area contributed by atoms with E-state index >= 15 is 0 Å². The van der Waals surface area contributed by atoms with Gasteiger partial charge in [0.2, 0.25) is 0 Å². The molecule has 0 saturated heterocycles. The summed E-state index contributed by atoms with van der Waals surface area (Å²) in [6, 6.07) is 7.13. The van der Waals surface area contributed by atoms with E-state index in [1.165, 1.54) is 0 Å². The molecule has 0 spiro atoms. The van der Waals surface area contributed by atoms with E-state index in [1.54, 1.807) is 25.1 Å². The minimum atomic E-state index is -3.20. The summed E-state index contributed by atoms with van der Waals surface area (Å²) in [6.07, 6.45) is 0. The fourth-order valence-electron chi connectivity index (χ4n) is 1.60. The van der Waals surface area contributed by atoms with E-state index in [1.807, 2.05) is 19.9 Å². The number of sulfone groups is 1. The third kappa shape index (κ3) is 3.46. The number of anilines is 1. The summed E-state index contributed by atoms with van der Waals surface area (Å²) in [5.41, 5.74) is 6.28. The Labute approximate surface area is 110 Å². The van der Waals surface area contributed by atoms with Gasteiger partial charge in [-0.15, -0.1) is 0 Å². The average molecular weight is 270 g/mol. The average Bonchev–Trinajstić information content (AvgIpc) is 2.38. The van der Waals surface area contributed by atoms with Crippen LogP contribution in [0.15, 0.2) is 29.2 Å². The van der Waals surface area contributed by atoms with E-state index in [0.717, 1.165) is 0 Å². The van der Waals surface area contributed by atoms with Crippen LogP contribution < -0.4 is 11.1 Å². The highest BCUT2D eigenvalue weighted by Crippen LogP contribution is 2.23. The SMILES string of the molecule is CCS(=O)(=O)c1ccccc1NC(C)C(C)CN. The molecule has 1 aromatic rings. The second-order valence-corrected chi connectivity index (χ2v) is 6.79. The van der Waals surface area contributed by atoms with Gasteiger partial charge in [-0.2, -0.15) is 0 Å². The first kappa shape index (κ1) is 15.0. The zero-order chi connectivity index (χ0) is 13.8. The lowest BCUT2D eigenvalue weighted by Crippen LogP contribution is -2.30. The zero-order valence-electron chi connectivity index (χ0n) is 11.2. The molecule has 0 aliphatic heterocycles. The van der Waals surface area contributed by atoms with Gasteiger partial charge in [0.25, 0.3) is 0 Å². The van der Waals surface area contributed by atoms with E-state index in [4.69, 9.17) is 5.73 Å². The van der Waals surface area contributed by atoms with Crippen LogP contribution in [0.5, 0.6) is 0 Å². The molecule has 1 aromatic carbocycles. The van der Waals surface area contributed by atoms with Crippen molar-refractivity contribution in [2.45, 2.75) is 31.7 Å². The molecule has 0 aliphatic rings. The van der Waals surface area contributed by atoms with Crippen LogP contribution >= 0.6 is 0 Å². The van der Waals surface area contributed by atoms with Gasteiger partial charge in [-0.3, -0.25) is 0 Å². The first-order valence-corrected chi connectivity index (χ1v) is 7.86. The van der Waals surface area contributed by atoms with Gasteiger partial charge in [0, 0.05) is 6.04 Å². The van der Waals surface area contributed by atoms with Gasteiger partial charge in [0.1, 0.15) is 0 Å². The van der Waals surface area contributed by atoms with Crippen LogP contribution in [0.3, 0.4) is 0 Å². The predicted molar refractivity (Wildman–Crippen MR) is 75.5 cm³/mol. The highest BCUT2D eigenvalue weighted by molar-refractivity contribution is 7.91. The van der Waals surface area contributed by atoms with E-state index in [0.29, 0.717) is 17.1 Å². The van der Waals surface area contributed by atoms with E-state index in [2.05, 4.69) is 5.32 Å². The first-order valence-electron chi connectivity index (χ1n) is 6.20. The Hall–Kier alpha value is -1.07. The molecule has 1 rings (SSSR count). The summed E-state index contributed by atoms with van der Waals surface area (Å²) < 4.78 is 24.0. The normalized spacial score (nSPS) is 15.1. The minimum absolute atomic E-state index is 0.104. The van der Waals surface area contributed by atoms with Crippen LogP contribution in [0.25, 0.3) is 0 Å². The molecule has 0 radical (unpaired) electrons. The quantitative estimate of drug-likeness (QED) is 0.828. The van der Waals surface area contributed by atoms with Gasteiger partial charge in [-0.05, 0) is 31.5 Å². The largest absolute Gasteiger partial charge is 0.381 e. The van der Waals surface area contributed by atoms with Crippen molar-refractivity contribution in [2.75, 3.05) is 17.6 Å². The minimum Gasteiger partial charge on any atom is -0.381 e. The summed E-state index contributed by atoms with van der Waals surface area (Å²) in [5.74, 6) is 0.384. The van der Waals surface area contributed by atoms with Crippen molar-refractivity contribution in [1.29, 1.82) is 0 Å². The summed E-state index contributed by atoms with van der Waals surface area (Å²) >= 11 is 0. The predicted octanol–water partition coefficient (Wildman–Crippen LogP) is 1.88. The number of rotatable bonds is 6. The smallest absolute Gasteiger partial charge is 0.180 e. The van der Waals surface area contributed by atoms with Crippen LogP contribution in [-0.4, -0.2) is 26.8 Å². The Morgan fingerprint density at radius 1 is 1.28 bits per heavy atom. The first-order chi connectivity index (χ1) is 8.42. The molecule has 0 fully saturated rings. The molecule has 0 heterocycles. The number of para-hydroxylation sites is 1. The maximum atomic E-state index is 12.0. The van der Waals surface area contributed by atoms with E-state index < -0.39 is 9.84 Å². The van der Waals surface area contributed by atoms with E-state index in [-0.39, 0.29) is 17.7 Å². The van der Waals surface area contributed by atoms with Crippen LogP contribution in [-0.2, 0) is 9.84 Å². The maximum Gasteiger partial charge on any atom is 0.180 e. The molecule has 2 unspecified atom stereocenters. The fraction of sp³-hybridized carbons (Fsp3) is 0.538. The van der Waals surface area contributed by atoms with Crippen molar-refractivity contribution in [2.24, 2.45) is 11.7 Å². The van der Waals surface area contributed by atoms with Crippen molar-refractivity contribution in [3.8, 4) is 0 Å². The van der Waals surface area contributed by atoms with Gasteiger partial charge in [0.05, 0.1) is 16.3 Å². The molecular weight excluding hydrogens is 248 g/mol. The Morgan fingerprint density at radius 2 is 1.89 bits per heavy atom. The summed E-state index contributed by atoms with van der Waals surface area (Å²) in [5, 5.41) is 3.24. The van der Waals surface area contributed by atoms with Crippen LogP contribution in [0, 0.1) is 5.92 Å². The Morgan fingerprint density at radius 3 is 2.44 bits per heavy atom. The third-order valence-corrected chi connectivity index (χ3v) is 5.00. The molecule has 0 amide bonds. The fourth-order valence-corrected chi connectivity index (χ4v) is 2.66. The lowest BCUT2D eigenvalue weighted by molar-refractivity contribution is 0.520. The van der Waals surface area contributed by atoms with Crippen molar-refractivity contribution in [1.82, 2.24) is 0 Å². The third-order valence-electron chi connectivity index (χ3n) is 3.21. The second-order valence-electron chi connectivity index (χ2n) is 4.55. The van der Waals surface area contributed by atoms with Crippen LogP contribution in [0.4, 0.5) is 5.69 Å². The summed E-state index contributed by atoms with van der Waals surface area (Å²) in [7, 11) is -3.20. The molecule has 0 aliphatic carbocycles. The molecule has 4 nitrogen and oxygen atoms in total. The molecule has 5 heteroatoms. The van der Waals surface area contributed by atoms with Gasteiger partial charge < -0.3 is 11.1 Å². The monoisotopic (exact) mass is 270 g/mol. The van der Waals surface area contributed by atoms with Crippen molar-refractivity contribution < 1.29 is 8.42 Å². The molecular formula is C13H22N2O2S. The summed E-state index contributed by atoms with van der Waals surface area (Å²) in [6.45, 7) is 6.26. The number of nitrogens with one attached hydrogen (secondary N) is 1. The number of hydrogen-bond donors (Lipinski definition) is 2. The van der Waals surface area contributed by atoms with Gasteiger partial charge in [-0.1, -0.05) is 26.0 Å². The lowest BCUT2D eigenvalue weighted by atomic mass is 10.0. The zero-order valence-corrected chi connectivity index (χ0v) is 12.0. The number of benzene rings is 1. The number of nitrogens with two attached hydrogens (primary N) is 1. The lowest BCUT2D eigenvalue weighted by Gasteiger charge is -2.22. The van der Waals surface area contributed by atoms with Crippen LogP contribution in [0.1, 0.15) is 20.8 Å². The highest BCUT2D eigenvalue weighted by atomic mass is 32.2. The van der Waals surface area contributed by atoms with Gasteiger partial charge in [-0.25, -0.2) is 8.42 Å². The maximum absolute atomic E-state index is 12.0. The molecule has 102 valence electrons. The Balaban J connectivity index is 3.04. The molecule has 0 aromatic heterocycles. The van der Waals surface area contributed by atoms with Crippen molar-refractivity contribution >= 4 is 15.5 Å². The Kier molecular flexibility index (Phi) is 5.16. The van der Waals surface area contributed by atoms with Crippen molar-refractivity contribution in [3.05, 3.63) is 24.3 Å². The Bertz CT molecular complexity index is 486. The second kappa shape index (κ2) is 6.20. The number of hydrogen-bond acceptors (Lipinski definition) is 4. The molecule has 0 saturated carbocycles. The van der Waals surface area contributed by atoms with Gasteiger partial charge >= 0.3 is 0 Å². The summed E-state index contributed by atoms with van der Waals surface area (Å²) in [4.78, 5) is 0.364. The molecule has 18 heavy (non-hydrogen) atoms. The molecule has 0 bridgehead atoms. The standard InChI is InChI=1S/C13H22N2O2S/c1-4-18(16,17)13-8-6-5-7-12(13)15-11(3)10(2)9-14/h5-8,10-11,15H,4,9,14H2,1-3H3. The van der Waals surface area contributed by atoms with Gasteiger partial charge in [0.15, 0.2) is 9.84 Å². The van der Waals surface area contributed by atoms with E-state index in [9.17, 15) is 8.42 Å². The topological polar surface area (TPSA) is 72.2 Å². The molecule has 3 N–H and O–H groups in total. The highest BCUT2D eigenvalue weighted by Gasteiger charge is 2.18.